The molecule has 9 heteroatoms. The Morgan fingerprint density at radius 2 is 1.18 bits per heavy atom. The molecule has 0 rings (SSSR count). The molecule has 28 heavy (non-hydrogen) atoms. The largest absolute Gasteiger partial charge is 0.378 e. The Morgan fingerprint density at radius 3 is 1.57 bits per heavy atom. The van der Waals surface area contributed by atoms with E-state index in [1.165, 1.54) is 0 Å². The van der Waals surface area contributed by atoms with Crippen molar-refractivity contribution in [2.75, 3.05) is 86.2 Å². The Labute approximate surface area is 169 Å². The first kappa shape index (κ1) is 29.4. The standard InChI is InChI=1S/C15H31FN2O6.C4H10/c1-17-2-3-20-4-5-21-6-7-22-8-9-23-10-11-24-13-15(16)12-18-14-19;1-4(2)3/h14-15,17H,2-13H2,1H3,(H,18,19);4H,1-3H3. The SMILES string of the molecule is CC(C)C.CNCCOCCOCCOCCOCCOCC(F)CNC=O. The molecule has 0 aromatic heterocycles. The van der Waals surface area contributed by atoms with E-state index in [4.69, 9.17) is 23.7 Å². The zero-order valence-corrected chi connectivity index (χ0v) is 18.0. The maximum Gasteiger partial charge on any atom is 0.207 e. The van der Waals surface area contributed by atoms with Crippen LogP contribution in [0.25, 0.3) is 0 Å². The highest BCUT2D eigenvalue weighted by molar-refractivity contribution is 5.45. The summed E-state index contributed by atoms with van der Waals surface area (Å²) in [7, 11) is 1.88. The predicted octanol–water partition coefficient (Wildman–Crippen LogP) is 1.04. The first-order chi connectivity index (χ1) is 13.5. The molecular weight excluding hydrogens is 371 g/mol. The molecule has 0 aliphatic carbocycles. The van der Waals surface area contributed by atoms with Gasteiger partial charge in [-0.15, -0.1) is 0 Å². The highest BCUT2D eigenvalue weighted by Gasteiger charge is 2.04. The summed E-state index contributed by atoms with van der Waals surface area (Å²) in [5.74, 6) is 0.833. The normalized spacial score (nSPS) is 11.8. The first-order valence-electron chi connectivity index (χ1n) is 9.89. The van der Waals surface area contributed by atoms with Crippen LogP contribution in [-0.2, 0) is 28.5 Å². The zero-order chi connectivity index (χ0) is 21.3. The summed E-state index contributed by atoms with van der Waals surface area (Å²) < 4.78 is 39.3. The van der Waals surface area contributed by atoms with Gasteiger partial charge in [-0.3, -0.25) is 4.79 Å². The fraction of sp³-hybridized carbons (Fsp3) is 0.947. The molecule has 0 aromatic rings. The molecule has 0 spiro atoms. The monoisotopic (exact) mass is 412 g/mol. The molecule has 2 N–H and O–H groups in total. The molecule has 0 aliphatic rings. The van der Waals surface area contributed by atoms with Crippen LogP contribution < -0.4 is 10.6 Å². The summed E-state index contributed by atoms with van der Waals surface area (Å²) >= 11 is 0. The second-order valence-electron chi connectivity index (χ2n) is 6.48. The molecule has 0 saturated carbocycles. The second-order valence-corrected chi connectivity index (χ2v) is 6.48. The number of ether oxygens (including phenoxy) is 5. The minimum Gasteiger partial charge on any atom is -0.378 e. The van der Waals surface area contributed by atoms with Gasteiger partial charge in [0.15, 0.2) is 0 Å². The Morgan fingerprint density at radius 1 is 0.786 bits per heavy atom. The van der Waals surface area contributed by atoms with Crippen LogP contribution in [0.3, 0.4) is 0 Å². The maximum absolute atomic E-state index is 13.0. The third kappa shape index (κ3) is 32.8. The van der Waals surface area contributed by atoms with E-state index >= 15 is 0 Å². The van der Waals surface area contributed by atoms with Gasteiger partial charge in [0.1, 0.15) is 6.17 Å². The van der Waals surface area contributed by atoms with E-state index < -0.39 is 6.17 Å². The van der Waals surface area contributed by atoms with Crippen LogP contribution in [0.1, 0.15) is 20.8 Å². The van der Waals surface area contributed by atoms with E-state index in [0.717, 1.165) is 12.5 Å². The topological polar surface area (TPSA) is 87.3 Å². The van der Waals surface area contributed by atoms with Crippen molar-refractivity contribution in [1.82, 2.24) is 10.6 Å². The van der Waals surface area contributed by atoms with Gasteiger partial charge in [0.2, 0.25) is 6.41 Å². The van der Waals surface area contributed by atoms with Crippen LogP contribution >= 0.6 is 0 Å². The number of amides is 1. The van der Waals surface area contributed by atoms with Gasteiger partial charge in [-0.05, 0) is 13.0 Å². The lowest BCUT2D eigenvalue weighted by molar-refractivity contribution is -0.109. The van der Waals surface area contributed by atoms with Crippen LogP contribution in [0.2, 0.25) is 0 Å². The lowest BCUT2D eigenvalue weighted by Gasteiger charge is -2.09. The molecule has 1 unspecified atom stereocenters. The molecule has 1 amide bonds. The van der Waals surface area contributed by atoms with Gasteiger partial charge in [0, 0.05) is 6.54 Å². The maximum atomic E-state index is 13.0. The van der Waals surface area contributed by atoms with Crippen molar-refractivity contribution in [2.45, 2.75) is 26.9 Å². The first-order valence-corrected chi connectivity index (χ1v) is 9.89. The quantitative estimate of drug-likeness (QED) is 0.228. The van der Waals surface area contributed by atoms with Gasteiger partial charge in [-0.2, -0.15) is 0 Å². The van der Waals surface area contributed by atoms with Crippen molar-refractivity contribution in [2.24, 2.45) is 5.92 Å². The fourth-order valence-corrected chi connectivity index (χ4v) is 1.50. The number of halogens is 1. The molecule has 0 fully saturated rings. The van der Waals surface area contributed by atoms with Gasteiger partial charge in [-0.1, -0.05) is 20.8 Å². The summed E-state index contributed by atoms with van der Waals surface area (Å²) in [6, 6.07) is 0. The Kier molecular flexibility index (Phi) is 27.4. The van der Waals surface area contributed by atoms with Crippen molar-refractivity contribution in [3.63, 3.8) is 0 Å². The lowest BCUT2D eigenvalue weighted by Crippen LogP contribution is -2.26. The third-order valence-electron chi connectivity index (χ3n) is 2.71. The van der Waals surface area contributed by atoms with Crippen LogP contribution in [-0.4, -0.2) is 98.8 Å². The molecule has 0 radical (unpaired) electrons. The fourth-order valence-electron chi connectivity index (χ4n) is 1.50. The van der Waals surface area contributed by atoms with Crippen molar-refractivity contribution in [3.8, 4) is 0 Å². The Hall–Kier alpha value is -0.840. The second kappa shape index (κ2) is 26.2. The van der Waals surface area contributed by atoms with Crippen molar-refractivity contribution in [3.05, 3.63) is 0 Å². The number of carbonyl (C=O) groups excluding carboxylic acids is 1. The Balaban J connectivity index is 0. The summed E-state index contributed by atoms with van der Waals surface area (Å²) in [4.78, 5) is 9.97. The molecule has 0 aromatic carbocycles. The number of rotatable bonds is 20. The third-order valence-corrected chi connectivity index (χ3v) is 2.71. The van der Waals surface area contributed by atoms with Crippen molar-refractivity contribution < 1.29 is 32.9 Å². The number of hydrogen-bond acceptors (Lipinski definition) is 7. The van der Waals surface area contributed by atoms with E-state index in [1.54, 1.807) is 0 Å². The number of hydrogen-bond donors (Lipinski definition) is 2. The highest BCUT2D eigenvalue weighted by atomic mass is 19.1. The molecule has 170 valence electrons. The molecule has 0 aliphatic heterocycles. The summed E-state index contributed by atoms with van der Waals surface area (Å²) in [5, 5.41) is 5.24. The summed E-state index contributed by atoms with van der Waals surface area (Å²) in [5.41, 5.74) is 0. The molecule has 8 nitrogen and oxygen atoms in total. The number of carbonyl (C=O) groups is 1. The summed E-state index contributed by atoms with van der Waals surface area (Å²) in [6.45, 7) is 11.7. The van der Waals surface area contributed by atoms with Gasteiger partial charge in [0.05, 0.1) is 72.6 Å². The van der Waals surface area contributed by atoms with E-state index in [9.17, 15) is 9.18 Å². The van der Waals surface area contributed by atoms with Crippen molar-refractivity contribution >= 4 is 6.41 Å². The minimum absolute atomic E-state index is 0.0393. The van der Waals surface area contributed by atoms with E-state index in [0.29, 0.717) is 65.9 Å². The number of alkyl halides is 1. The smallest absolute Gasteiger partial charge is 0.207 e. The van der Waals surface area contributed by atoms with E-state index in [-0.39, 0.29) is 13.2 Å². The van der Waals surface area contributed by atoms with E-state index in [1.807, 2.05) is 7.05 Å². The van der Waals surface area contributed by atoms with Gasteiger partial charge < -0.3 is 34.3 Å². The summed E-state index contributed by atoms with van der Waals surface area (Å²) in [6.07, 6.45) is -0.743. The molecule has 0 saturated heterocycles. The lowest BCUT2D eigenvalue weighted by atomic mass is 10.3. The average Bonchev–Trinajstić information content (AvgIpc) is 2.65. The van der Waals surface area contributed by atoms with Gasteiger partial charge in [0.25, 0.3) is 0 Å². The molecular formula is C19H41FN2O6. The Bertz CT molecular complexity index is 299. The van der Waals surface area contributed by atoms with Crippen LogP contribution in [0.5, 0.6) is 0 Å². The molecule has 1 atom stereocenters. The predicted molar refractivity (Wildman–Crippen MR) is 107 cm³/mol. The number of likely N-dealkylation sites (N-methyl/N-ethyl adjacent to an activating group) is 1. The molecule has 0 bridgehead atoms. The highest BCUT2D eigenvalue weighted by Crippen LogP contribution is 1.90. The van der Waals surface area contributed by atoms with Crippen LogP contribution in [0, 0.1) is 5.92 Å². The zero-order valence-electron chi connectivity index (χ0n) is 18.0. The van der Waals surface area contributed by atoms with E-state index in [2.05, 4.69) is 31.4 Å². The number of nitrogens with one attached hydrogen (secondary N) is 2. The van der Waals surface area contributed by atoms with Crippen molar-refractivity contribution in [1.29, 1.82) is 0 Å². The van der Waals surface area contributed by atoms with Gasteiger partial charge >= 0.3 is 0 Å². The molecule has 0 heterocycles. The van der Waals surface area contributed by atoms with Crippen LogP contribution in [0.15, 0.2) is 0 Å². The van der Waals surface area contributed by atoms with Crippen LogP contribution in [0.4, 0.5) is 4.39 Å². The minimum atomic E-state index is -1.20. The van der Waals surface area contributed by atoms with Gasteiger partial charge in [-0.25, -0.2) is 4.39 Å². The average molecular weight is 413 g/mol.